The number of nitrogens with one attached hydrogen (secondary N) is 1. The molecule has 0 fully saturated rings. The van der Waals surface area contributed by atoms with E-state index in [1.807, 2.05) is 18.2 Å². The molecule has 1 atom stereocenters. The molecular weight excluding hydrogens is 268 g/mol. The molecule has 0 aliphatic carbocycles. The van der Waals surface area contributed by atoms with E-state index in [0.717, 1.165) is 28.3 Å². The summed E-state index contributed by atoms with van der Waals surface area (Å²) in [5.74, 6) is -1.02. The maximum absolute atomic E-state index is 10.8. The Morgan fingerprint density at radius 1 is 1.47 bits per heavy atom. The molecule has 0 aliphatic heterocycles. The largest absolute Gasteiger partial charge is 0.516 e. The number of nitrogens with two attached hydrogens (primary N) is 1. The van der Waals surface area contributed by atoms with Crippen LogP contribution in [0, 0.1) is 0 Å². The molecule has 1 heterocycles. The summed E-state index contributed by atoms with van der Waals surface area (Å²) in [5, 5.41) is 18.5. The standard InChI is InChI=1S/C13H14N2O3.ClH/c14-11(13(17)18)6-9-7-15-12-2-1-8(3-4-16)5-10(9)12;/h1-5,7,11,15-16H,6,14H2,(H,17,18);1H/t11-;/m0./s1. The van der Waals surface area contributed by atoms with E-state index in [-0.39, 0.29) is 18.8 Å². The van der Waals surface area contributed by atoms with Gasteiger partial charge < -0.3 is 20.9 Å². The molecule has 102 valence electrons. The Balaban J connectivity index is 0.00000180. The molecule has 0 aliphatic rings. The predicted molar refractivity (Wildman–Crippen MR) is 76.5 cm³/mol. The maximum atomic E-state index is 10.8. The van der Waals surface area contributed by atoms with Gasteiger partial charge in [-0.05, 0) is 29.3 Å². The molecule has 0 unspecified atom stereocenters. The van der Waals surface area contributed by atoms with Gasteiger partial charge in [-0.15, -0.1) is 12.4 Å². The predicted octanol–water partition coefficient (Wildman–Crippen LogP) is 2.07. The number of carboxylic acids is 1. The Labute approximate surface area is 116 Å². The summed E-state index contributed by atoms with van der Waals surface area (Å²) in [5.41, 5.74) is 8.14. The molecule has 19 heavy (non-hydrogen) atoms. The summed E-state index contributed by atoms with van der Waals surface area (Å²) in [7, 11) is 0. The van der Waals surface area contributed by atoms with Gasteiger partial charge in [-0.1, -0.05) is 6.07 Å². The lowest BCUT2D eigenvalue weighted by atomic mass is 10.0. The van der Waals surface area contributed by atoms with Gasteiger partial charge >= 0.3 is 5.97 Å². The summed E-state index contributed by atoms with van der Waals surface area (Å²) in [4.78, 5) is 13.8. The summed E-state index contributed by atoms with van der Waals surface area (Å²) < 4.78 is 0. The Kier molecular flexibility index (Phi) is 4.97. The number of benzene rings is 1. The zero-order chi connectivity index (χ0) is 13.1. The van der Waals surface area contributed by atoms with Gasteiger partial charge in [0.1, 0.15) is 6.04 Å². The Morgan fingerprint density at radius 2 is 2.21 bits per heavy atom. The minimum Gasteiger partial charge on any atom is -0.516 e. The monoisotopic (exact) mass is 282 g/mol. The number of hydrogen-bond acceptors (Lipinski definition) is 3. The van der Waals surface area contributed by atoms with Crippen LogP contribution in [0.25, 0.3) is 17.0 Å². The fraction of sp³-hybridized carbons (Fsp3) is 0.154. The van der Waals surface area contributed by atoms with Gasteiger partial charge in [0, 0.05) is 23.5 Å². The van der Waals surface area contributed by atoms with Crippen LogP contribution in [0.4, 0.5) is 0 Å². The van der Waals surface area contributed by atoms with Crippen molar-refractivity contribution in [3.63, 3.8) is 0 Å². The molecule has 0 amide bonds. The van der Waals surface area contributed by atoms with Gasteiger partial charge in [0.05, 0.1) is 6.26 Å². The second-order valence-electron chi connectivity index (χ2n) is 4.08. The first-order valence-corrected chi connectivity index (χ1v) is 5.51. The quantitative estimate of drug-likeness (QED) is 0.645. The topological polar surface area (TPSA) is 99.3 Å². The third-order valence-corrected chi connectivity index (χ3v) is 2.82. The molecular formula is C13H15ClN2O3. The van der Waals surface area contributed by atoms with Crippen molar-refractivity contribution >= 4 is 35.4 Å². The molecule has 0 radical (unpaired) electrons. The van der Waals surface area contributed by atoms with Crippen LogP contribution < -0.4 is 5.73 Å². The van der Waals surface area contributed by atoms with Crippen molar-refractivity contribution in [3.05, 3.63) is 41.8 Å². The molecule has 1 aromatic heterocycles. The molecule has 6 heteroatoms. The number of fused-ring (bicyclic) bond motifs is 1. The highest BCUT2D eigenvalue weighted by Gasteiger charge is 2.14. The highest BCUT2D eigenvalue weighted by Crippen LogP contribution is 2.21. The SMILES string of the molecule is Cl.N[C@@H](Cc1c[nH]c2ccc(C=CO)cc12)C(=O)O. The van der Waals surface area contributed by atoms with Gasteiger partial charge in [0.15, 0.2) is 0 Å². The first-order chi connectivity index (χ1) is 8.61. The molecule has 1 aromatic carbocycles. The lowest BCUT2D eigenvalue weighted by Gasteiger charge is -2.05. The van der Waals surface area contributed by atoms with E-state index in [0.29, 0.717) is 0 Å². The second kappa shape index (κ2) is 6.26. The van der Waals surface area contributed by atoms with Crippen LogP contribution in [0.2, 0.25) is 0 Å². The van der Waals surface area contributed by atoms with Crippen molar-refractivity contribution in [3.8, 4) is 0 Å². The van der Waals surface area contributed by atoms with Gasteiger partial charge in [0.25, 0.3) is 0 Å². The van der Waals surface area contributed by atoms with Crippen molar-refractivity contribution in [1.29, 1.82) is 0 Å². The van der Waals surface area contributed by atoms with Crippen LogP contribution in [0.3, 0.4) is 0 Å². The number of carbonyl (C=O) groups is 1. The van der Waals surface area contributed by atoms with Crippen LogP contribution in [0.15, 0.2) is 30.7 Å². The normalized spacial score (nSPS) is 12.5. The summed E-state index contributed by atoms with van der Waals surface area (Å²) in [6, 6.07) is 4.69. The summed E-state index contributed by atoms with van der Waals surface area (Å²) in [6.45, 7) is 0. The Morgan fingerprint density at radius 3 is 2.84 bits per heavy atom. The number of hydrogen-bond donors (Lipinski definition) is 4. The van der Waals surface area contributed by atoms with E-state index in [4.69, 9.17) is 15.9 Å². The Hall–Kier alpha value is -1.98. The van der Waals surface area contributed by atoms with Crippen molar-refractivity contribution in [1.82, 2.24) is 4.98 Å². The fourth-order valence-electron chi connectivity index (χ4n) is 1.88. The zero-order valence-electron chi connectivity index (χ0n) is 10.0. The van der Waals surface area contributed by atoms with Crippen LogP contribution >= 0.6 is 12.4 Å². The summed E-state index contributed by atoms with van der Waals surface area (Å²) in [6.07, 6.45) is 4.56. The first kappa shape index (κ1) is 15.1. The first-order valence-electron chi connectivity index (χ1n) is 5.51. The van der Waals surface area contributed by atoms with Crippen LogP contribution in [-0.2, 0) is 11.2 Å². The van der Waals surface area contributed by atoms with Gasteiger partial charge in [0.2, 0.25) is 0 Å². The molecule has 5 N–H and O–H groups in total. The van der Waals surface area contributed by atoms with Crippen LogP contribution in [0.1, 0.15) is 11.1 Å². The van der Waals surface area contributed by atoms with Gasteiger partial charge in [-0.3, -0.25) is 4.79 Å². The van der Waals surface area contributed by atoms with Crippen molar-refractivity contribution in [2.24, 2.45) is 5.73 Å². The van der Waals surface area contributed by atoms with Gasteiger partial charge in [-0.25, -0.2) is 0 Å². The Bertz CT molecular complexity index is 607. The molecule has 0 saturated heterocycles. The molecule has 2 aromatic rings. The average Bonchev–Trinajstić information content (AvgIpc) is 2.72. The number of halogens is 1. The third-order valence-electron chi connectivity index (χ3n) is 2.82. The molecule has 0 saturated carbocycles. The van der Waals surface area contributed by atoms with Crippen molar-refractivity contribution in [2.45, 2.75) is 12.5 Å². The smallest absolute Gasteiger partial charge is 0.320 e. The van der Waals surface area contributed by atoms with Crippen molar-refractivity contribution < 1.29 is 15.0 Å². The molecule has 0 spiro atoms. The van der Waals surface area contributed by atoms with Gasteiger partial charge in [-0.2, -0.15) is 0 Å². The maximum Gasteiger partial charge on any atom is 0.320 e. The molecule has 0 bridgehead atoms. The fourth-order valence-corrected chi connectivity index (χ4v) is 1.88. The number of aliphatic hydroxyl groups excluding tert-OH is 1. The lowest BCUT2D eigenvalue weighted by Crippen LogP contribution is -2.32. The summed E-state index contributed by atoms with van der Waals surface area (Å²) >= 11 is 0. The lowest BCUT2D eigenvalue weighted by molar-refractivity contribution is -0.138. The number of aromatic amines is 1. The zero-order valence-corrected chi connectivity index (χ0v) is 10.9. The number of aromatic nitrogens is 1. The molecule has 2 rings (SSSR count). The van der Waals surface area contributed by atoms with E-state index in [1.165, 1.54) is 0 Å². The van der Waals surface area contributed by atoms with E-state index >= 15 is 0 Å². The highest BCUT2D eigenvalue weighted by molar-refractivity contribution is 5.86. The van der Waals surface area contributed by atoms with Crippen LogP contribution in [-0.4, -0.2) is 27.2 Å². The number of H-pyrrole nitrogens is 1. The minimum absolute atomic E-state index is 0. The van der Waals surface area contributed by atoms with Crippen LogP contribution in [0.5, 0.6) is 0 Å². The number of aliphatic hydroxyl groups is 1. The average molecular weight is 283 g/mol. The van der Waals surface area contributed by atoms with E-state index < -0.39 is 12.0 Å². The van der Waals surface area contributed by atoms with E-state index in [2.05, 4.69) is 4.98 Å². The van der Waals surface area contributed by atoms with E-state index in [9.17, 15) is 4.79 Å². The molecule has 5 nitrogen and oxygen atoms in total. The highest BCUT2D eigenvalue weighted by atomic mass is 35.5. The second-order valence-corrected chi connectivity index (χ2v) is 4.08. The number of aliphatic carboxylic acids is 1. The van der Waals surface area contributed by atoms with E-state index in [1.54, 1.807) is 12.3 Å². The minimum atomic E-state index is -1.02. The number of carboxylic acid groups (broad SMARTS) is 1. The van der Waals surface area contributed by atoms with Crippen molar-refractivity contribution in [2.75, 3.05) is 0 Å². The number of rotatable bonds is 4. The third kappa shape index (κ3) is 3.27.